The molecule has 1 fully saturated rings. The van der Waals surface area contributed by atoms with Gasteiger partial charge in [0.05, 0.1) is 39.1 Å². The van der Waals surface area contributed by atoms with Gasteiger partial charge in [0.25, 0.3) is 0 Å². The lowest BCUT2D eigenvalue weighted by atomic mass is 10.1. The van der Waals surface area contributed by atoms with Crippen molar-refractivity contribution in [3.8, 4) is 0 Å². The molecule has 0 unspecified atom stereocenters. The smallest absolute Gasteiger partial charge is 0.348 e. The molecule has 0 aliphatic heterocycles. The van der Waals surface area contributed by atoms with Gasteiger partial charge in [-0.3, -0.25) is 9.59 Å². The highest BCUT2D eigenvalue weighted by Crippen LogP contribution is 2.36. The van der Waals surface area contributed by atoms with Gasteiger partial charge in [-0.15, -0.1) is 23.1 Å². The van der Waals surface area contributed by atoms with Crippen LogP contribution in [0, 0.1) is 0 Å². The molecule has 0 bridgehead atoms. The molecule has 1 N–H and O–H groups in total. The van der Waals surface area contributed by atoms with Gasteiger partial charge in [0.15, 0.2) is 0 Å². The molecular formula is C18H23NO7S2. The van der Waals surface area contributed by atoms with Gasteiger partial charge < -0.3 is 19.5 Å². The molecule has 0 spiro atoms. The van der Waals surface area contributed by atoms with Crippen LogP contribution in [-0.4, -0.2) is 56.1 Å². The fraction of sp³-hybridized carbons (Fsp3) is 0.556. The molecule has 1 heterocycles. The Labute approximate surface area is 171 Å². The van der Waals surface area contributed by atoms with Crippen LogP contribution in [0.2, 0.25) is 0 Å². The van der Waals surface area contributed by atoms with Crippen molar-refractivity contribution < 1.29 is 33.4 Å². The zero-order valence-corrected chi connectivity index (χ0v) is 17.6. The van der Waals surface area contributed by atoms with Crippen LogP contribution in [0.1, 0.15) is 51.3 Å². The number of ether oxygens (including phenoxy) is 3. The number of carbonyl (C=O) groups excluding carboxylic acids is 4. The third-order valence-corrected chi connectivity index (χ3v) is 6.82. The molecule has 10 heteroatoms. The zero-order valence-electron chi connectivity index (χ0n) is 16.0. The van der Waals surface area contributed by atoms with Crippen molar-refractivity contribution in [2.24, 2.45) is 0 Å². The Bertz CT molecular complexity index is 753. The molecule has 1 aliphatic carbocycles. The second kappa shape index (κ2) is 10.5. The van der Waals surface area contributed by atoms with E-state index < -0.39 is 17.9 Å². The molecule has 28 heavy (non-hydrogen) atoms. The van der Waals surface area contributed by atoms with Crippen molar-refractivity contribution in [1.29, 1.82) is 0 Å². The fourth-order valence-corrected chi connectivity index (χ4v) is 5.19. The summed E-state index contributed by atoms with van der Waals surface area (Å²) in [5, 5.41) is 3.30. The third-order valence-electron chi connectivity index (χ3n) is 4.32. The van der Waals surface area contributed by atoms with Crippen LogP contribution in [0.5, 0.6) is 0 Å². The van der Waals surface area contributed by atoms with E-state index in [1.54, 1.807) is 11.8 Å². The van der Waals surface area contributed by atoms with Crippen molar-refractivity contribution in [1.82, 2.24) is 0 Å². The summed E-state index contributed by atoms with van der Waals surface area (Å²) in [6, 6.07) is 0. The molecule has 1 aromatic rings. The molecule has 0 saturated heterocycles. The third kappa shape index (κ3) is 5.48. The number of thioether (sulfide) groups is 1. The lowest BCUT2D eigenvalue weighted by molar-refractivity contribution is -0.139. The Morgan fingerprint density at radius 3 is 2.25 bits per heavy atom. The number of esters is 3. The number of rotatable bonds is 8. The summed E-state index contributed by atoms with van der Waals surface area (Å²) < 4.78 is 14.2. The van der Waals surface area contributed by atoms with Crippen LogP contribution in [0.25, 0.3) is 0 Å². The van der Waals surface area contributed by atoms with Gasteiger partial charge in [-0.05, 0) is 12.8 Å². The van der Waals surface area contributed by atoms with Crippen LogP contribution < -0.4 is 5.32 Å². The second-order valence-electron chi connectivity index (χ2n) is 6.12. The molecule has 0 radical (unpaired) electrons. The summed E-state index contributed by atoms with van der Waals surface area (Å²) in [4.78, 5) is 48.7. The largest absolute Gasteiger partial charge is 0.469 e. The maximum absolute atomic E-state index is 12.4. The van der Waals surface area contributed by atoms with E-state index in [-0.39, 0.29) is 39.1 Å². The average Bonchev–Trinajstić information content (AvgIpc) is 3.33. The molecule has 1 aromatic heterocycles. The summed E-state index contributed by atoms with van der Waals surface area (Å²) in [6.07, 6.45) is 4.22. The topological polar surface area (TPSA) is 108 Å². The average molecular weight is 430 g/mol. The van der Waals surface area contributed by atoms with Gasteiger partial charge in [-0.25, -0.2) is 9.59 Å². The number of thiophene rings is 1. The van der Waals surface area contributed by atoms with E-state index >= 15 is 0 Å². The van der Waals surface area contributed by atoms with Crippen molar-refractivity contribution in [2.75, 3.05) is 32.4 Å². The predicted octanol–water partition coefficient (Wildman–Crippen LogP) is 2.65. The maximum atomic E-state index is 12.4. The van der Waals surface area contributed by atoms with Gasteiger partial charge in [0, 0.05) is 10.8 Å². The fourth-order valence-electron chi connectivity index (χ4n) is 2.93. The van der Waals surface area contributed by atoms with Crippen molar-refractivity contribution >= 4 is 51.9 Å². The van der Waals surface area contributed by atoms with Gasteiger partial charge in [0.2, 0.25) is 5.91 Å². The first-order valence-electron chi connectivity index (χ1n) is 8.71. The Balaban J connectivity index is 2.29. The number of nitrogens with one attached hydrogen (secondary N) is 1. The maximum Gasteiger partial charge on any atom is 0.348 e. The van der Waals surface area contributed by atoms with E-state index in [1.165, 1.54) is 34.2 Å². The highest BCUT2D eigenvalue weighted by Gasteiger charge is 2.30. The van der Waals surface area contributed by atoms with Crippen LogP contribution in [0.3, 0.4) is 0 Å². The lowest BCUT2D eigenvalue weighted by Gasteiger charge is -2.09. The number of anilines is 1. The number of amides is 1. The van der Waals surface area contributed by atoms with E-state index in [0.717, 1.165) is 24.2 Å². The Hall–Kier alpha value is -2.07. The predicted molar refractivity (Wildman–Crippen MR) is 106 cm³/mol. The molecule has 154 valence electrons. The highest BCUT2D eigenvalue weighted by atomic mass is 32.2. The molecule has 1 amide bonds. The molecule has 8 nitrogen and oxygen atoms in total. The first-order chi connectivity index (χ1) is 13.4. The van der Waals surface area contributed by atoms with E-state index in [1.807, 2.05) is 0 Å². The van der Waals surface area contributed by atoms with Gasteiger partial charge in [0.1, 0.15) is 9.88 Å². The minimum atomic E-state index is -0.760. The molecule has 1 aliphatic rings. The summed E-state index contributed by atoms with van der Waals surface area (Å²) in [5.41, 5.74) is 0.0896. The number of carbonyl (C=O) groups is 4. The molecule has 0 atom stereocenters. The minimum Gasteiger partial charge on any atom is -0.469 e. The van der Waals surface area contributed by atoms with Crippen molar-refractivity contribution in [3.63, 3.8) is 0 Å². The van der Waals surface area contributed by atoms with Gasteiger partial charge in [-0.2, -0.15) is 0 Å². The lowest BCUT2D eigenvalue weighted by Crippen LogP contribution is -2.18. The van der Waals surface area contributed by atoms with Crippen LogP contribution in [0.4, 0.5) is 5.00 Å². The first-order valence-corrected chi connectivity index (χ1v) is 10.6. The highest BCUT2D eigenvalue weighted by molar-refractivity contribution is 8.00. The van der Waals surface area contributed by atoms with Crippen LogP contribution in [-0.2, 0) is 30.2 Å². The normalized spacial score (nSPS) is 13.8. The van der Waals surface area contributed by atoms with Crippen molar-refractivity contribution in [3.05, 3.63) is 16.0 Å². The number of hydrogen-bond acceptors (Lipinski definition) is 9. The van der Waals surface area contributed by atoms with Crippen LogP contribution >= 0.6 is 23.1 Å². The molecular weight excluding hydrogens is 406 g/mol. The summed E-state index contributed by atoms with van der Waals surface area (Å²) in [6.45, 7) is 0. The van der Waals surface area contributed by atoms with Gasteiger partial charge in [-0.1, -0.05) is 12.8 Å². The van der Waals surface area contributed by atoms with E-state index in [9.17, 15) is 19.2 Å². The standard InChI is InChI=1S/C18H23NO7S2/c1-24-13(21)8-11-14(17(22)25-2)16(28-15(11)18(23)26-3)19-12(20)9-27-10-6-4-5-7-10/h10H,4-9H2,1-3H3,(H,19,20). The Morgan fingerprint density at radius 2 is 1.68 bits per heavy atom. The van der Waals surface area contributed by atoms with E-state index in [4.69, 9.17) is 9.47 Å². The molecule has 1 saturated carbocycles. The quantitative estimate of drug-likeness (QED) is 0.496. The number of hydrogen-bond donors (Lipinski definition) is 1. The Kier molecular flexibility index (Phi) is 8.31. The van der Waals surface area contributed by atoms with Crippen LogP contribution in [0.15, 0.2) is 0 Å². The first kappa shape index (κ1) is 22.2. The molecule has 0 aromatic carbocycles. The zero-order chi connectivity index (χ0) is 20.7. The summed E-state index contributed by atoms with van der Waals surface area (Å²) in [7, 11) is 3.58. The van der Waals surface area contributed by atoms with Crippen molar-refractivity contribution in [2.45, 2.75) is 37.4 Å². The Morgan fingerprint density at radius 1 is 1.04 bits per heavy atom. The monoisotopic (exact) mass is 429 g/mol. The van der Waals surface area contributed by atoms with Gasteiger partial charge >= 0.3 is 17.9 Å². The summed E-state index contributed by atoms with van der Waals surface area (Å²) in [5.74, 6) is -2.16. The molecule has 2 rings (SSSR count). The van der Waals surface area contributed by atoms with E-state index in [0.29, 0.717) is 5.25 Å². The summed E-state index contributed by atoms with van der Waals surface area (Å²) >= 11 is 2.46. The minimum absolute atomic E-state index is 0.0301. The SMILES string of the molecule is COC(=O)Cc1c(C(=O)OC)sc(NC(=O)CSC2CCCC2)c1C(=O)OC. The van der Waals surface area contributed by atoms with E-state index in [2.05, 4.69) is 10.1 Å². The number of methoxy groups -OCH3 is 3. The second-order valence-corrected chi connectivity index (χ2v) is 8.42.